The third-order valence-electron chi connectivity index (χ3n) is 6.90. The first-order valence-electron chi connectivity index (χ1n) is 11.6. The van der Waals surface area contributed by atoms with E-state index in [9.17, 15) is 4.79 Å². The van der Waals surface area contributed by atoms with Crippen LogP contribution in [-0.4, -0.2) is 29.1 Å². The Labute approximate surface area is 197 Å². The van der Waals surface area contributed by atoms with Gasteiger partial charge in [0.15, 0.2) is 0 Å². The van der Waals surface area contributed by atoms with Crippen LogP contribution in [0.1, 0.15) is 36.5 Å². The lowest BCUT2D eigenvalue weighted by Crippen LogP contribution is -2.71. The molecule has 3 aromatic rings. The summed E-state index contributed by atoms with van der Waals surface area (Å²) in [6, 6.07) is 31.9. The first-order valence-corrected chi connectivity index (χ1v) is 11.6. The highest BCUT2D eigenvalue weighted by Crippen LogP contribution is 2.53. The molecule has 0 bridgehead atoms. The maximum Gasteiger partial charge on any atom is 0.336 e. The van der Waals surface area contributed by atoms with E-state index in [0.717, 1.165) is 17.7 Å². The molecule has 3 aromatic carbocycles. The van der Waals surface area contributed by atoms with Crippen molar-refractivity contribution in [2.24, 2.45) is 0 Å². The number of likely N-dealkylation sites (tertiary alicyclic amines) is 1. The topological polar surface area (TPSA) is 26.3 Å². The normalized spacial score (nSPS) is 24.2. The van der Waals surface area contributed by atoms with Gasteiger partial charge in [-0.05, 0) is 25.0 Å². The SMILES string of the molecule is C=C(c1ccccc1)[C@@H]1[C@@H](c2ccccc2)[C@H](C)[N@@+]1(/C=C/C(=O)OCC)Cc1ccccc1. The molecular formula is C30H32NO2+. The van der Waals surface area contributed by atoms with Gasteiger partial charge in [0, 0.05) is 11.1 Å². The second-order valence-corrected chi connectivity index (χ2v) is 8.72. The van der Waals surface area contributed by atoms with E-state index in [4.69, 9.17) is 4.74 Å². The van der Waals surface area contributed by atoms with E-state index < -0.39 is 0 Å². The summed E-state index contributed by atoms with van der Waals surface area (Å²) in [5.74, 6) is -0.0167. The number of rotatable bonds is 8. The van der Waals surface area contributed by atoms with E-state index >= 15 is 0 Å². The van der Waals surface area contributed by atoms with E-state index in [1.807, 2.05) is 25.3 Å². The van der Waals surface area contributed by atoms with Gasteiger partial charge < -0.3 is 4.74 Å². The maximum absolute atomic E-state index is 12.3. The fourth-order valence-corrected chi connectivity index (χ4v) is 5.29. The van der Waals surface area contributed by atoms with Crippen LogP contribution >= 0.6 is 0 Å². The van der Waals surface area contributed by atoms with Gasteiger partial charge in [-0.15, -0.1) is 0 Å². The van der Waals surface area contributed by atoms with E-state index in [1.54, 1.807) is 6.08 Å². The minimum Gasteiger partial charge on any atom is -0.463 e. The molecule has 4 rings (SSSR count). The van der Waals surface area contributed by atoms with Crippen molar-refractivity contribution in [2.45, 2.75) is 38.4 Å². The quantitative estimate of drug-likeness (QED) is 0.233. The Balaban J connectivity index is 1.82. The van der Waals surface area contributed by atoms with Gasteiger partial charge in [0.2, 0.25) is 0 Å². The van der Waals surface area contributed by atoms with E-state index in [0.29, 0.717) is 11.1 Å². The molecule has 0 N–H and O–H groups in total. The number of carbonyl (C=O) groups is 1. The number of esters is 1. The Morgan fingerprint density at radius 2 is 1.52 bits per heavy atom. The lowest BCUT2D eigenvalue weighted by molar-refractivity contribution is -0.976. The predicted molar refractivity (Wildman–Crippen MR) is 134 cm³/mol. The lowest BCUT2D eigenvalue weighted by atomic mass is 9.68. The van der Waals surface area contributed by atoms with E-state index in [1.165, 1.54) is 11.1 Å². The number of hydrogen-bond acceptors (Lipinski definition) is 2. The molecule has 168 valence electrons. The Bertz CT molecular complexity index is 1110. The minimum atomic E-state index is -0.303. The molecule has 0 unspecified atom stereocenters. The second kappa shape index (κ2) is 10.0. The van der Waals surface area contributed by atoms with Crippen molar-refractivity contribution < 1.29 is 14.0 Å². The van der Waals surface area contributed by atoms with Gasteiger partial charge in [-0.2, -0.15) is 0 Å². The number of ether oxygens (including phenoxy) is 1. The zero-order valence-corrected chi connectivity index (χ0v) is 19.4. The summed E-state index contributed by atoms with van der Waals surface area (Å²) in [6.45, 7) is 9.85. The molecule has 0 radical (unpaired) electrons. The number of quaternary nitrogens is 1. The Kier molecular flexibility index (Phi) is 6.90. The summed E-state index contributed by atoms with van der Waals surface area (Å²) in [6.07, 6.45) is 3.66. The van der Waals surface area contributed by atoms with Crippen LogP contribution < -0.4 is 0 Å². The third kappa shape index (κ3) is 4.55. The predicted octanol–water partition coefficient (Wildman–Crippen LogP) is 6.35. The zero-order valence-electron chi connectivity index (χ0n) is 19.4. The van der Waals surface area contributed by atoms with Crippen molar-refractivity contribution >= 4 is 11.5 Å². The molecule has 0 spiro atoms. The van der Waals surface area contributed by atoms with E-state index in [2.05, 4.69) is 92.4 Å². The standard InChI is InChI=1S/C30H32NO2/c1-4-33-28(32)20-21-31(22-25-14-8-5-9-15-25)24(3)29(27-18-12-7-13-19-27)30(31)23(2)26-16-10-6-11-17-26/h5-21,24,29-30H,2,4,22H2,1,3H3/q+1/b21-20+/t24-,29+,30+,31+/m0/s1. The van der Waals surface area contributed by atoms with Gasteiger partial charge in [-0.1, -0.05) is 97.6 Å². The fourth-order valence-electron chi connectivity index (χ4n) is 5.29. The molecule has 1 fully saturated rings. The lowest BCUT2D eigenvalue weighted by Gasteiger charge is -2.61. The molecule has 1 heterocycles. The molecule has 1 aliphatic rings. The monoisotopic (exact) mass is 438 g/mol. The molecular weight excluding hydrogens is 406 g/mol. The van der Waals surface area contributed by atoms with Crippen molar-refractivity contribution in [2.75, 3.05) is 6.61 Å². The van der Waals surface area contributed by atoms with Crippen LogP contribution in [0.15, 0.2) is 110 Å². The van der Waals surface area contributed by atoms with Crippen molar-refractivity contribution in [3.05, 3.63) is 127 Å². The highest BCUT2D eigenvalue weighted by Gasteiger charge is 2.61. The molecule has 0 aromatic heterocycles. The molecule has 1 aliphatic heterocycles. The van der Waals surface area contributed by atoms with Crippen LogP contribution in [0.25, 0.3) is 5.57 Å². The van der Waals surface area contributed by atoms with Gasteiger partial charge >= 0.3 is 5.97 Å². The van der Waals surface area contributed by atoms with Crippen LogP contribution in [0.4, 0.5) is 0 Å². The van der Waals surface area contributed by atoms with Crippen LogP contribution in [0.3, 0.4) is 0 Å². The summed E-state index contributed by atoms with van der Waals surface area (Å²) in [4.78, 5) is 12.3. The zero-order chi connectivity index (χ0) is 23.3. The first kappa shape index (κ1) is 22.8. The Morgan fingerprint density at radius 3 is 2.12 bits per heavy atom. The van der Waals surface area contributed by atoms with Crippen LogP contribution in [0.2, 0.25) is 0 Å². The second-order valence-electron chi connectivity index (χ2n) is 8.72. The maximum atomic E-state index is 12.3. The average Bonchev–Trinajstić information content (AvgIpc) is 2.86. The molecule has 0 amide bonds. The molecule has 3 nitrogen and oxygen atoms in total. The van der Waals surface area contributed by atoms with Crippen molar-refractivity contribution in [1.29, 1.82) is 0 Å². The van der Waals surface area contributed by atoms with E-state index in [-0.39, 0.29) is 24.0 Å². The molecule has 4 atom stereocenters. The van der Waals surface area contributed by atoms with Gasteiger partial charge in [0.25, 0.3) is 0 Å². The van der Waals surface area contributed by atoms with Crippen LogP contribution in [0.5, 0.6) is 0 Å². The Hall–Kier alpha value is -3.43. The molecule has 33 heavy (non-hydrogen) atoms. The summed E-state index contributed by atoms with van der Waals surface area (Å²) in [7, 11) is 0. The van der Waals surface area contributed by atoms with Crippen LogP contribution in [-0.2, 0) is 16.1 Å². The van der Waals surface area contributed by atoms with Gasteiger partial charge in [0.1, 0.15) is 24.8 Å². The largest absolute Gasteiger partial charge is 0.463 e. The first-order chi connectivity index (χ1) is 16.1. The van der Waals surface area contributed by atoms with Gasteiger partial charge in [0.05, 0.1) is 18.6 Å². The molecule has 0 aliphatic carbocycles. The van der Waals surface area contributed by atoms with Gasteiger partial charge in [-0.25, -0.2) is 4.79 Å². The number of nitrogens with zero attached hydrogens (tertiary/aromatic N) is 1. The minimum absolute atomic E-state index is 0.0932. The number of benzene rings is 3. The summed E-state index contributed by atoms with van der Waals surface area (Å²) in [5.41, 5.74) is 4.76. The summed E-state index contributed by atoms with van der Waals surface area (Å²) < 4.78 is 5.85. The fraction of sp³-hybridized carbons (Fsp3) is 0.233. The molecule has 3 heteroatoms. The summed E-state index contributed by atoms with van der Waals surface area (Å²) >= 11 is 0. The van der Waals surface area contributed by atoms with Crippen molar-refractivity contribution in [3.63, 3.8) is 0 Å². The van der Waals surface area contributed by atoms with Crippen molar-refractivity contribution in [1.82, 2.24) is 0 Å². The average molecular weight is 439 g/mol. The highest BCUT2D eigenvalue weighted by molar-refractivity contribution is 5.81. The number of carbonyl (C=O) groups excluding carboxylic acids is 1. The Morgan fingerprint density at radius 1 is 0.939 bits per heavy atom. The van der Waals surface area contributed by atoms with Crippen LogP contribution in [0, 0.1) is 0 Å². The smallest absolute Gasteiger partial charge is 0.336 e. The number of hydrogen-bond donors (Lipinski definition) is 0. The molecule has 1 saturated heterocycles. The highest BCUT2D eigenvalue weighted by atomic mass is 16.5. The third-order valence-corrected chi connectivity index (χ3v) is 6.90. The summed E-state index contributed by atoms with van der Waals surface area (Å²) in [5, 5.41) is 0. The van der Waals surface area contributed by atoms with Gasteiger partial charge in [-0.3, -0.25) is 4.48 Å². The van der Waals surface area contributed by atoms with Crippen molar-refractivity contribution in [3.8, 4) is 0 Å². The molecule has 0 saturated carbocycles.